The van der Waals surface area contributed by atoms with E-state index in [0.717, 1.165) is 14.7 Å². The van der Waals surface area contributed by atoms with E-state index >= 15 is 0 Å². The van der Waals surface area contributed by atoms with Gasteiger partial charge in [-0.2, -0.15) is 0 Å². The minimum absolute atomic E-state index is 0.0524. The van der Waals surface area contributed by atoms with Crippen molar-refractivity contribution in [3.8, 4) is 5.75 Å². The zero-order valence-corrected chi connectivity index (χ0v) is 14.8. The Hall–Kier alpha value is -2.48. The van der Waals surface area contributed by atoms with E-state index in [4.69, 9.17) is 4.74 Å². The van der Waals surface area contributed by atoms with Gasteiger partial charge in [-0.05, 0) is 39.0 Å². The van der Waals surface area contributed by atoms with E-state index < -0.39 is 23.7 Å². The van der Waals surface area contributed by atoms with Gasteiger partial charge in [0, 0.05) is 11.6 Å². The van der Waals surface area contributed by atoms with Crippen molar-refractivity contribution in [3.05, 3.63) is 29.6 Å². The average Bonchev–Trinajstić information content (AvgIpc) is 2.77. The summed E-state index contributed by atoms with van der Waals surface area (Å²) in [7, 11) is 1.39. The lowest BCUT2D eigenvalue weighted by atomic mass is 10.2. The smallest absolute Gasteiger partial charge is 0.338 e. The molecule has 1 N–H and O–H groups in total. The van der Waals surface area contributed by atoms with Crippen molar-refractivity contribution < 1.29 is 28.4 Å². The fourth-order valence-electron chi connectivity index (χ4n) is 2.74. The van der Waals surface area contributed by atoms with Crippen LogP contribution >= 0.6 is 0 Å². The van der Waals surface area contributed by atoms with Crippen molar-refractivity contribution in [2.45, 2.75) is 33.4 Å². The highest BCUT2D eigenvalue weighted by Crippen LogP contribution is 2.17. The standard InChI is InChI=1S/C17H22FN3O4/c1-5-19(9-12-6-7-14(25-4)13(18)8-12)10-20-15(22)16(23)21(11(2)3)17(20)24/h6-8,11H,5,9-10H2,1-4H3/p+1. The van der Waals surface area contributed by atoms with Crippen LogP contribution in [0.15, 0.2) is 18.2 Å². The molecule has 1 aliphatic rings. The maximum absolute atomic E-state index is 13.8. The van der Waals surface area contributed by atoms with Gasteiger partial charge in [-0.15, -0.1) is 0 Å². The minimum Gasteiger partial charge on any atom is -0.494 e. The van der Waals surface area contributed by atoms with Crippen LogP contribution in [0.3, 0.4) is 0 Å². The van der Waals surface area contributed by atoms with Crippen LogP contribution in [-0.2, 0) is 16.1 Å². The zero-order valence-electron chi connectivity index (χ0n) is 14.8. The van der Waals surface area contributed by atoms with Gasteiger partial charge in [0.1, 0.15) is 6.54 Å². The predicted octanol–water partition coefficient (Wildman–Crippen LogP) is 0.396. The number of benzene rings is 1. The molecule has 1 atom stereocenters. The number of halogens is 1. The van der Waals surface area contributed by atoms with Crippen molar-refractivity contribution in [3.63, 3.8) is 0 Å². The highest BCUT2D eigenvalue weighted by Gasteiger charge is 2.47. The van der Waals surface area contributed by atoms with E-state index in [1.165, 1.54) is 19.2 Å². The Bertz CT molecular complexity index is 692. The molecule has 1 heterocycles. The molecule has 1 aromatic carbocycles. The number of hydrogen-bond donors (Lipinski definition) is 1. The summed E-state index contributed by atoms with van der Waals surface area (Å²) >= 11 is 0. The second-order valence-corrected chi connectivity index (χ2v) is 6.19. The molecular formula is C17H23FN3O4+. The molecule has 0 radical (unpaired) electrons. The van der Waals surface area contributed by atoms with Gasteiger partial charge < -0.3 is 9.64 Å². The van der Waals surface area contributed by atoms with E-state index in [0.29, 0.717) is 18.7 Å². The molecule has 136 valence electrons. The van der Waals surface area contributed by atoms with Crippen LogP contribution in [0.1, 0.15) is 26.3 Å². The number of rotatable bonds is 7. The zero-order chi connectivity index (χ0) is 18.7. The number of hydrogen-bond acceptors (Lipinski definition) is 4. The first kappa shape index (κ1) is 18.9. The molecule has 4 amide bonds. The molecule has 0 aliphatic carbocycles. The van der Waals surface area contributed by atoms with E-state index in [9.17, 15) is 18.8 Å². The van der Waals surface area contributed by atoms with Crippen molar-refractivity contribution in [1.29, 1.82) is 0 Å². The third kappa shape index (κ3) is 3.79. The number of quaternary nitrogens is 1. The monoisotopic (exact) mass is 352 g/mol. The predicted molar refractivity (Wildman–Crippen MR) is 87.3 cm³/mol. The molecule has 7 nitrogen and oxygen atoms in total. The number of carbonyl (C=O) groups excluding carboxylic acids is 3. The molecule has 0 saturated carbocycles. The SMILES string of the molecule is CC[NH+](Cc1ccc(OC)c(F)c1)CN1C(=O)C(=O)N(C(C)C)C1=O. The van der Waals surface area contributed by atoms with Crippen LogP contribution in [0.25, 0.3) is 0 Å². The molecular weight excluding hydrogens is 329 g/mol. The summed E-state index contributed by atoms with van der Waals surface area (Å²) in [5.41, 5.74) is 0.710. The van der Waals surface area contributed by atoms with Crippen molar-refractivity contribution in [2.24, 2.45) is 0 Å². The Kier molecular flexibility index (Phi) is 5.73. The molecule has 1 saturated heterocycles. The van der Waals surface area contributed by atoms with Crippen molar-refractivity contribution in [2.75, 3.05) is 20.3 Å². The number of amides is 4. The van der Waals surface area contributed by atoms with Gasteiger partial charge in [-0.3, -0.25) is 14.5 Å². The van der Waals surface area contributed by atoms with Crippen LogP contribution in [0.5, 0.6) is 5.75 Å². The van der Waals surface area contributed by atoms with Gasteiger partial charge >= 0.3 is 17.8 Å². The molecule has 1 aromatic rings. The minimum atomic E-state index is -0.814. The van der Waals surface area contributed by atoms with E-state index in [2.05, 4.69) is 0 Å². The molecule has 1 aliphatic heterocycles. The van der Waals surface area contributed by atoms with Gasteiger partial charge in [0.25, 0.3) is 0 Å². The van der Waals surface area contributed by atoms with Gasteiger partial charge in [-0.1, -0.05) is 0 Å². The largest absolute Gasteiger partial charge is 0.494 e. The number of imide groups is 2. The van der Waals surface area contributed by atoms with Gasteiger partial charge in [0.05, 0.1) is 13.7 Å². The highest BCUT2D eigenvalue weighted by molar-refractivity contribution is 6.44. The Morgan fingerprint density at radius 1 is 1.20 bits per heavy atom. The second-order valence-electron chi connectivity index (χ2n) is 6.19. The Morgan fingerprint density at radius 3 is 2.36 bits per heavy atom. The normalized spacial score (nSPS) is 16.2. The third-order valence-electron chi connectivity index (χ3n) is 4.15. The summed E-state index contributed by atoms with van der Waals surface area (Å²) in [6, 6.07) is 3.66. The quantitative estimate of drug-likeness (QED) is 0.569. The van der Waals surface area contributed by atoms with E-state index in [1.54, 1.807) is 19.9 Å². The number of ether oxygens (including phenoxy) is 1. The molecule has 2 rings (SSSR count). The maximum Gasteiger partial charge on any atom is 0.338 e. The lowest BCUT2D eigenvalue weighted by molar-refractivity contribution is -0.919. The third-order valence-corrected chi connectivity index (χ3v) is 4.15. The van der Waals surface area contributed by atoms with Crippen LogP contribution in [0, 0.1) is 5.82 Å². The molecule has 25 heavy (non-hydrogen) atoms. The van der Waals surface area contributed by atoms with Crippen LogP contribution < -0.4 is 9.64 Å². The molecule has 0 bridgehead atoms. The maximum atomic E-state index is 13.8. The number of carbonyl (C=O) groups is 3. The molecule has 8 heteroatoms. The van der Waals surface area contributed by atoms with E-state index in [-0.39, 0.29) is 18.5 Å². The lowest BCUT2D eigenvalue weighted by Crippen LogP contribution is -3.12. The van der Waals surface area contributed by atoms with Gasteiger partial charge in [-0.25, -0.2) is 14.1 Å². The molecule has 0 aromatic heterocycles. The first-order valence-electron chi connectivity index (χ1n) is 8.15. The van der Waals surface area contributed by atoms with Gasteiger partial charge in [0.15, 0.2) is 18.2 Å². The average molecular weight is 352 g/mol. The molecule has 0 spiro atoms. The topological polar surface area (TPSA) is 71.4 Å². The number of nitrogens with one attached hydrogen (secondary N) is 1. The van der Waals surface area contributed by atoms with Crippen LogP contribution in [0.4, 0.5) is 9.18 Å². The number of nitrogens with zero attached hydrogens (tertiary/aromatic N) is 2. The van der Waals surface area contributed by atoms with Crippen LogP contribution in [0.2, 0.25) is 0 Å². The summed E-state index contributed by atoms with van der Waals surface area (Å²) in [4.78, 5) is 39.1. The van der Waals surface area contributed by atoms with Crippen molar-refractivity contribution >= 4 is 17.8 Å². The Balaban J connectivity index is 2.12. The van der Waals surface area contributed by atoms with Crippen LogP contribution in [-0.4, -0.2) is 54.0 Å². The summed E-state index contributed by atoms with van der Waals surface area (Å²) in [6.45, 7) is 6.30. The first-order chi connectivity index (χ1) is 11.8. The first-order valence-corrected chi connectivity index (χ1v) is 8.15. The lowest BCUT2D eigenvalue weighted by Gasteiger charge is -2.23. The van der Waals surface area contributed by atoms with E-state index in [1.807, 2.05) is 6.92 Å². The second kappa shape index (κ2) is 7.60. The summed E-state index contributed by atoms with van der Waals surface area (Å²) in [6.07, 6.45) is 0. The summed E-state index contributed by atoms with van der Waals surface area (Å²) < 4.78 is 18.7. The molecule has 1 unspecified atom stereocenters. The fraction of sp³-hybridized carbons (Fsp3) is 0.471. The number of urea groups is 1. The summed E-state index contributed by atoms with van der Waals surface area (Å²) in [5, 5.41) is 0. The Morgan fingerprint density at radius 2 is 1.88 bits per heavy atom. The Labute approximate surface area is 145 Å². The van der Waals surface area contributed by atoms with Crippen molar-refractivity contribution in [1.82, 2.24) is 9.80 Å². The van der Waals surface area contributed by atoms with Gasteiger partial charge in [0.2, 0.25) is 0 Å². The number of methoxy groups -OCH3 is 1. The fourth-order valence-corrected chi connectivity index (χ4v) is 2.74. The highest BCUT2D eigenvalue weighted by atomic mass is 19.1. The molecule has 1 fully saturated rings. The summed E-state index contributed by atoms with van der Waals surface area (Å²) in [5.74, 6) is -1.92.